The lowest BCUT2D eigenvalue weighted by molar-refractivity contribution is -0.130. The minimum atomic E-state index is 0. The zero-order chi connectivity index (χ0) is 12.5. The van der Waals surface area contributed by atoms with Crippen LogP contribution >= 0.6 is 0 Å². The lowest BCUT2D eigenvalue weighted by Gasteiger charge is -2.33. The van der Waals surface area contributed by atoms with Gasteiger partial charge in [-0.1, -0.05) is 13.8 Å². The third-order valence-corrected chi connectivity index (χ3v) is 3.58. The van der Waals surface area contributed by atoms with Crippen molar-refractivity contribution in [3.63, 3.8) is 0 Å². The molecule has 0 atom stereocenters. The second-order valence-electron chi connectivity index (χ2n) is 6.00. The summed E-state index contributed by atoms with van der Waals surface area (Å²) in [5, 5.41) is 0. The standard InChI is InChI=1S/C13H22N2O2/c1-13(2,9-14-7-3-5-11(14)16)10-15-8-4-6-12(15)17/h3-10H2,1-2H3. The second-order valence-corrected chi connectivity index (χ2v) is 6.00. The summed E-state index contributed by atoms with van der Waals surface area (Å²) in [5.41, 5.74) is 0. The molecule has 0 aromatic carbocycles. The van der Waals surface area contributed by atoms with Gasteiger partial charge in [-0.25, -0.2) is 0 Å². The van der Waals surface area contributed by atoms with E-state index in [-0.39, 0.29) is 17.2 Å². The van der Waals surface area contributed by atoms with Crippen LogP contribution in [0.4, 0.5) is 0 Å². The highest BCUT2D eigenvalue weighted by Crippen LogP contribution is 2.24. The molecule has 0 spiro atoms. The maximum absolute atomic E-state index is 11.6. The van der Waals surface area contributed by atoms with E-state index in [1.165, 1.54) is 0 Å². The van der Waals surface area contributed by atoms with Crippen molar-refractivity contribution in [3.05, 3.63) is 0 Å². The van der Waals surface area contributed by atoms with Gasteiger partial charge in [0, 0.05) is 39.0 Å². The number of hydrogen-bond acceptors (Lipinski definition) is 2. The van der Waals surface area contributed by atoms with Crippen molar-refractivity contribution in [2.45, 2.75) is 39.5 Å². The van der Waals surface area contributed by atoms with Crippen LogP contribution in [0.5, 0.6) is 0 Å². The Morgan fingerprint density at radius 1 is 0.941 bits per heavy atom. The van der Waals surface area contributed by atoms with Crippen LogP contribution in [0.1, 0.15) is 39.5 Å². The summed E-state index contributed by atoms with van der Waals surface area (Å²) < 4.78 is 0. The Kier molecular flexibility index (Phi) is 3.40. The largest absolute Gasteiger partial charge is 0.342 e. The quantitative estimate of drug-likeness (QED) is 0.739. The molecule has 0 aliphatic carbocycles. The van der Waals surface area contributed by atoms with Gasteiger partial charge < -0.3 is 9.80 Å². The average Bonchev–Trinajstić information content (AvgIpc) is 2.78. The minimum Gasteiger partial charge on any atom is -0.342 e. The van der Waals surface area contributed by atoms with Crippen LogP contribution in [0.15, 0.2) is 0 Å². The molecule has 2 aliphatic heterocycles. The number of hydrogen-bond donors (Lipinski definition) is 0. The summed E-state index contributed by atoms with van der Waals surface area (Å²) in [5.74, 6) is 0.539. The van der Waals surface area contributed by atoms with E-state index in [1.54, 1.807) is 0 Å². The number of carbonyl (C=O) groups is 2. The van der Waals surface area contributed by atoms with E-state index in [1.807, 2.05) is 9.80 Å². The Balaban J connectivity index is 1.89. The van der Waals surface area contributed by atoms with Gasteiger partial charge in [0.15, 0.2) is 0 Å². The van der Waals surface area contributed by atoms with E-state index in [2.05, 4.69) is 13.8 Å². The number of nitrogens with zero attached hydrogens (tertiary/aromatic N) is 2. The monoisotopic (exact) mass is 238 g/mol. The first-order valence-electron chi connectivity index (χ1n) is 6.53. The summed E-state index contributed by atoms with van der Waals surface area (Å²) in [6.45, 7) is 7.60. The Labute approximate surface area is 103 Å². The molecule has 0 unspecified atom stereocenters. The van der Waals surface area contributed by atoms with E-state index in [0.717, 1.165) is 39.0 Å². The molecule has 2 aliphatic rings. The Bertz CT molecular complexity index is 295. The van der Waals surface area contributed by atoms with Crippen molar-refractivity contribution in [1.29, 1.82) is 0 Å². The molecule has 2 amide bonds. The van der Waals surface area contributed by atoms with Gasteiger partial charge in [-0.15, -0.1) is 0 Å². The second kappa shape index (κ2) is 4.67. The molecular formula is C13H22N2O2. The first kappa shape index (κ1) is 12.4. The fourth-order valence-corrected chi connectivity index (χ4v) is 2.83. The zero-order valence-corrected chi connectivity index (χ0v) is 10.9. The third-order valence-electron chi connectivity index (χ3n) is 3.58. The minimum absolute atomic E-state index is 0. The molecule has 0 aromatic heterocycles. The molecule has 2 saturated heterocycles. The van der Waals surface area contributed by atoms with E-state index >= 15 is 0 Å². The van der Waals surface area contributed by atoms with Crippen molar-refractivity contribution >= 4 is 11.8 Å². The van der Waals surface area contributed by atoms with E-state index in [0.29, 0.717) is 12.8 Å². The molecule has 2 rings (SSSR count). The lowest BCUT2D eigenvalue weighted by atomic mass is 9.92. The fourth-order valence-electron chi connectivity index (χ4n) is 2.83. The van der Waals surface area contributed by atoms with Gasteiger partial charge >= 0.3 is 0 Å². The third kappa shape index (κ3) is 2.99. The number of amides is 2. The molecular weight excluding hydrogens is 216 g/mol. The lowest BCUT2D eigenvalue weighted by Crippen LogP contribution is -2.43. The van der Waals surface area contributed by atoms with Crippen molar-refractivity contribution < 1.29 is 9.59 Å². The molecule has 4 nitrogen and oxygen atoms in total. The molecule has 0 saturated carbocycles. The molecule has 2 fully saturated rings. The number of rotatable bonds is 4. The molecule has 4 heteroatoms. The topological polar surface area (TPSA) is 40.6 Å². The van der Waals surface area contributed by atoms with Gasteiger partial charge in [-0.05, 0) is 18.3 Å². The smallest absolute Gasteiger partial charge is 0.222 e. The highest BCUT2D eigenvalue weighted by molar-refractivity contribution is 5.78. The first-order chi connectivity index (χ1) is 7.98. The van der Waals surface area contributed by atoms with E-state index in [9.17, 15) is 9.59 Å². The summed E-state index contributed by atoms with van der Waals surface area (Å²) in [4.78, 5) is 27.1. The Morgan fingerprint density at radius 2 is 1.35 bits per heavy atom. The summed E-state index contributed by atoms with van der Waals surface area (Å²) in [7, 11) is 0. The van der Waals surface area contributed by atoms with Crippen LogP contribution in [0, 0.1) is 5.41 Å². The summed E-state index contributed by atoms with van der Waals surface area (Å²) >= 11 is 0. The Hall–Kier alpha value is -1.06. The zero-order valence-electron chi connectivity index (χ0n) is 10.9. The highest BCUT2D eigenvalue weighted by atomic mass is 16.2. The van der Waals surface area contributed by atoms with Crippen LogP contribution in [-0.4, -0.2) is 47.8 Å². The van der Waals surface area contributed by atoms with Gasteiger partial charge in [-0.2, -0.15) is 0 Å². The fraction of sp³-hybridized carbons (Fsp3) is 0.846. The maximum Gasteiger partial charge on any atom is 0.222 e. The normalized spacial score (nSPS) is 21.8. The number of likely N-dealkylation sites (tertiary alicyclic amines) is 2. The van der Waals surface area contributed by atoms with Crippen molar-refractivity contribution in [3.8, 4) is 0 Å². The molecule has 0 radical (unpaired) electrons. The van der Waals surface area contributed by atoms with Gasteiger partial charge in [-0.3, -0.25) is 9.59 Å². The van der Waals surface area contributed by atoms with Crippen molar-refractivity contribution in [2.24, 2.45) is 5.41 Å². The first-order valence-corrected chi connectivity index (χ1v) is 6.53. The Morgan fingerprint density at radius 3 is 1.65 bits per heavy atom. The van der Waals surface area contributed by atoms with Crippen molar-refractivity contribution in [2.75, 3.05) is 26.2 Å². The van der Waals surface area contributed by atoms with Crippen LogP contribution in [0.2, 0.25) is 0 Å². The molecule has 0 aromatic rings. The maximum atomic E-state index is 11.6. The van der Waals surface area contributed by atoms with E-state index in [4.69, 9.17) is 0 Å². The molecule has 17 heavy (non-hydrogen) atoms. The van der Waals surface area contributed by atoms with Crippen LogP contribution < -0.4 is 0 Å². The predicted octanol–water partition coefficient (Wildman–Crippen LogP) is 1.26. The van der Waals surface area contributed by atoms with Crippen LogP contribution in [0.3, 0.4) is 0 Å². The van der Waals surface area contributed by atoms with E-state index < -0.39 is 0 Å². The highest BCUT2D eigenvalue weighted by Gasteiger charge is 2.32. The van der Waals surface area contributed by atoms with Gasteiger partial charge in [0.1, 0.15) is 0 Å². The molecule has 0 bridgehead atoms. The molecule has 2 heterocycles. The van der Waals surface area contributed by atoms with Gasteiger partial charge in [0.25, 0.3) is 0 Å². The molecule has 96 valence electrons. The van der Waals surface area contributed by atoms with Crippen LogP contribution in [-0.2, 0) is 9.59 Å². The predicted molar refractivity (Wildman–Crippen MR) is 65.4 cm³/mol. The number of carbonyl (C=O) groups excluding carboxylic acids is 2. The summed E-state index contributed by atoms with van der Waals surface area (Å²) in [6.07, 6.45) is 3.35. The van der Waals surface area contributed by atoms with Crippen molar-refractivity contribution in [1.82, 2.24) is 9.80 Å². The SMILES string of the molecule is CC(C)(CN1CCCC1=O)CN1CCCC1=O. The summed E-state index contributed by atoms with van der Waals surface area (Å²) in [6, 6.07) is 0. The molecule has 0 N–H and O–H groups in total. The average molecular weight is 238 g/mol. The van der Waals surface area contributed by atoms with Crippen LogP contribution in [0.25, 0.3) is 0 Å². The van der Waals surface area contributed by atoms with Gasteiger partial charge in [0.05, 0.1) is 0 Å². The van der Waals surface area contributed by atoms with Gasteiger partial charge in [0.2, 0.25) is 11.8 Å².